The van der Waals surface area contributed by atoms with E-state index in [1.54, 1.807) is 25.2 Å². The summed E-state index contributed by atoms with van der Waals surface area (Å²) in [4.78, 5) is 1.85. The third-order valence-electron chi connectivity index (χ3n) is 3.61. The van der Waals surface area contributed by atoms with Crippen LogP contribution in [0.15, 0.2) is 42.5 Å². The molecule has 0 aliphatic carbocycles. The first-order chi connectivity index (χ1) is 10.0. The Morgan fingerprint density at radius 1 is 1.14 bits per heavy atom. The summed E-state index contributed by atoms with van der Waals surface area (Å²) in [6, 6.07) is 12.6. The van der Waals surface area contributed by atoms with E-state index >= 15 is 0 Å². The molecule has 0 amide bonds. The van der Waals surface area contributed by atoms with Crippen LogP contribution >= 0.6 is 0 Å². The van der Waals surface area contributed by atoms with Crippen LogP contribution in [0.2, 0.25) is 0 Å². The molecule has 4 heteroatoms. The van der Waals surface area contributed by atoms with Crippen LogP contribution in [0.1, 0.15) is 29.7 Å². The molecule has 21 heavy (non-hydrogen) atoms. The predicted molar refractivity (Wildman–Crippen MR) is 77.4 cm³/mol. The maximum absolute atomic E-state index is 13.8. The molecule has 108 valence electrons. The normalized spacial score (nSPS) is 12.2. The van der Waals surface area contributed by atoms with E-state index in [4.69, 9.17) is 5.26 Å². The maximum Gasteiger partial charge on any atom is 0.127 e. The number of rotatable bonds is 4. The molecule has 2 nitrogen and oxygen atoms in total. The summed E-state index contributed by atoms with van der Waals surface area (Å²) < 4.78 is 27.6. The molecule has 0 radical (unpaired) electrons. The summed E-state index contributed by atoms with van der Waals surface area (Å²) in [5, 5.41) is 8.87. The minimum absolute atomic E-state index is 0.198. The van der Waals surface area contributed by atoms with Gasteiger partial charge in [-0.05, 0) is 38.2 Å². The first-order valence-electron chi connectivity index (χ1n) is 6.66. The van der Waals surface area contributed by atoms with Crippen molar-refractivity contribution in [2.45, 2.75) is 19.5 Å². The minimum Gasteiger partial charge on any atom is -0.295 e. The van der Waals surface area contributed by atoms with Gasteiger partial charge in [0.2, 0.25) is 0 Å². The number of nitriles is 1. The van der Waals surface area contributed by atoms with Crippen LogP contribution in [0.5, 0.6) is 0 Å². The summed E-state index contributed by atoms with van der Waals surface area (Å²) in [6.45, 7) is 2.17. The van der Waals surface area contributed by atoms with Crippen molar-refractivity contribution in [3.63, 3.8) is 0 Å². The molecular formula is C17H16F2N2. The second-order valence-electron chi connectivity index (χ2n) is 5.03. The van der Waals surface area contributed by atoms with Crippen LogP contribution in [0.4, 0.5) is 8.78 Å². The number of benzene rings is 2. The van der Waals surface area contributed by atoms with Gasteiger partial charge in [0.1, 0.15) is 11.6 Å². The van der Waals surface area contributed by atoms with Gasteiger partial charge in [0, 0.05) is 23.7 Å². The van der Waals surface area contributed by atoms with E-state index in [9.17, 15) is 8.78 Å². The first kappa shape index (κ1) is 15.1. The van der Waals surface area contributed by atoms with Crippen LogP contribution in [0.3, 0.4) is 0 Å². The van der Waals surface area contributed by atoms with Gasteiger partial charge in [0.25, 0.3) is 0 Å². The Bertz CT molecular complexity index is 677. The summed E-state index contributed by atoms with van der Waals surface area (Å²) in [5.74, 6) is -0.635. The monoisotopic (exact) mass is 286 g/mol. The molecule has 0 saturated heterocycles. The Morgan fingerprint density at radius 2 is 1.86 bits per heavy atom. The fraction of sp³-hybridized carbons (Fsp3) is 0.235. The Morgan fingerprint density at radius 3 is 2.52 bits per heavy atom. The summed E-state index contributed by atoms with van der Waals surface area (Å²) in [5.41, 5.74) is 1.41. The number of hydrogen-bond acceptors (Lipinski definition) is 2. The standard InChI is InChI=1S/C17H16F2N2/c1-12(15-5-3-4-6-17(15)19)21(2)11-14-9-13(10-20)7-8-16(14)18/h3-9,12H,11H2,1-2H3. The van der Waals surface area contributed by atoms with Gasteiger partial charge in [-0.3, -0.25) is 4.90 Å². The highest BCUT2D eigenvalue weighted by Crippen LogP contribution is 2.24. The second kappa shape index (κ2) is 6.47. The number of hydrogen-bond donors (Lipinski definition) is 0. The first-order valence-corrected chi connectivity index (χ1v) is 6.66. The van der Waals surface area contributed by atoms with Crippen LogP contribution in [0, 0.1) is 23.0 Å². The third-order valence-corrected chi connectivity index (χ3v) is 3.61. The van der Waals surface area contributed by atoms with E-state index in [2.05, 4.69) is 0 Å². The van der Waals surface area contributed by atoms with E-state index in [1.807, 2.05) is 17.9 Å². The molecule has 1 unspecified atom stereocenters. The maximum atomic E-state index is 13.8. The lowest BCUT2D eigenvalue weighted by molar-refractivity contribution is 0.244. The van der Waals surface area contributed by atoms with Crippen LogP contribution in [0.25, 0.3) is 0 Å². The zero-order valence-electron chi connectivity index (χ0n) is 12.0. The van der Waals surface area contributed by atoms with Crippen molar-refractivity contribution < 1.29 is 8.78 Å². The molecule has 0 aliphatic heterocycles. The van der Waals surface area contributed by atoms with Crippen molar-refractivity contribution in [2.75, 3.05) is 7.05 Å². The highest BCUT2D eigenvalue weighted by atomic mass is 19.1. The molecule has 1 atom stereocenters. The summed E-state index contributed by atoms with van der Waals surface area (Å²) in [6.07, 6.45) is 0. The van der Waals surface area contributed by atoms with E-state index in [-0.39, 0.29) is 17.7 Å². The molecule has 2 aromatic carbocycles. The van der Waals surface area contributed by atoms with Gasteiger partial charge in [-0.1, -0.05) is 18.2 Å². The molecule has 0 N–H and O–H groups in total. The molecule has 0 spiro atoms. The largest absolute Gasteiger partial charge is 0.295 e. The molecule has 0 bridgehead atoms. The van der Waals surface area contributed by atoms with Crippen LogP contribution < -0.4 is 0 Å². The molecule has 0 aliphatic rings. The van der Waals surface area contributed by atoms with Crippen molar-refractivity contribution in [3.8, 4) is 6.07 Å². The van der Waals surface area contributed by atoms with Crippen molar-refractivity contribution in [2.24, 2.45) is 0 Å². The van der Waals surface area contributed by atoms with E-state index in [1.165, 1.54) is 24.3 Å². The van der Waals surface area contributed by atoms with Crippen LogP contribution in [-0.2, 0) is 6.54 Å². The molecule has 0 fully saturated rings. The van der Waals surface area contributed by atoms with Gasteiger partial charge in [0.05, 0.1) is 11.6 Å². The fourth-order valence-corrected chi connectivity index (χ4v) is 2.22. The SMILES string of the molecule is CC(c1ccccc1F)N(C)Cc1cc(C#N)ccc1F. The average Bonchev–Trinajstić information content (AvgIpc) is 2.49. The zero-order chi connectivity index (χ0) is 15.4. The molecule has 0 aromatic heterocycles. The lowest BCUT2D eigenvalue weighted by Crippen LogP contribution is -2.23. The van der Waals surface area contributed by atoms with Crippen molar-refractivity contribution in [1.82, 2.24) is 4.90 Å². The topological polar surface area (TPSA) is 27.0 Å². The smallest absolute Gasteiger partial charge is 0.127 e. The molecule has 2 aromatic rings. The van der Waals surface area contributed by atoms with Gasteiger partial charge >= 0.3 is 0 Å². The summed E-state index contributed by atoms with van der Waals surface area (Å²) in [7, 11) is 1.80. The van der Waals surface area contributed by atoms with Gasteiger partial charge in [-0.25, -0.2) is 8.78 Å². The highest BCUT2D eigenvalue weighted by Gasteiger charge is 2.17. The van der Waals surface area contributed by atoms with E-state index < -0.39 is 0 Å². The quantitative estimate of drug-likeness (QED) is 0.848. The zero-order valence-corrected chi connectivity index (χ0v) is 12.0. The van der Waals surface area contributed by atoms with Crippen LogP contribution in [-0.4, -0.2) is 11.9 Å². The molecule has 0 saturated carbocycles. The van der Waals surface area contributed by atoms with Crippen molar-refractivity contribution in [3.05, 3.63) is 70.8 Å². The van der Waals surface area contributed by atoms with Gasteiger partial charge in [-0.2, -0.15) is 5.26 Å². The lowest BCUT2D eigenvalue weighted by atomic mass is 10.1. The fourth-order valence-electron chi connectivity index (χ4n) is 2.22. The Balaban J connectivity index is 2.20. The Hall–Kier alpha value is -2.25. The Kier molecular flexibility index (Phi) is 4.66. The minimum atomic E-state index is -0.360. The molecular weight excluding hydrogens is 270 g/mol. The van der Waals surface area contributed by atoms with Crippen molar-refractivity contribution in [1.29, 1.82) is 5.26 Å². The highest BCUT2D eigenvalue weighted by molar-refractivity contribution is 5.34. The number of nitrogens with zero attached hydrogens (tertiary/aromatic N) is 2. The van der Waals surface area contributed by atoms with E-state index in [0.717, 1.165) is 0 Å². The Labute approximate surface area is 123 Å². The lowest BCUT2D eigenvalue weighted by Gasteiger charge is -2.25. The second-order valence-corrected chi connectivity index (χ2v) is 5.03. The average molecular weight is 286 g/mol. The summed E-state index contributed by atoms with van der Waals surface area (Å²) >= 11 is 0. The predicted octanol–water partition coefficient (Wildman–Crippen LogP) is 4.03. The number of halogens is 2. The van der Waals surface area contributed by atoms with Crippen molar-refractivity contribution >= 4 is 0 Å². The third kappa shape index (κ3) is 3.45. The van der Waals surface area contributed by atoms with Gasteiger partial charge in [-0.15, -0.1) is 0 Å². The van der Waals surface area contributed by atoms with E-state index in [0.29, 0.717) is 23.2 Å². The van der Waals surface area contributed by atoms with Gasteiger partial charge in [0.15, 0.2) is 0 Å². The molecule has 2 rings (SSSR count). The van der Waals surface area contributed by atoms with Gasteiger partial charge < -0.3 is 0 Å². The molecule has 0 heterocycles.